The maximum atomic E-state index is 5.75. The van der Waals surface area contributed by atoms with Crippen LogP contribution in [0.15, 0.2) is 40.0 Å². The molecule has 0 amide bonds. The fraction of sp³-hybridized carbons (Fsp3) is 0.650. The second-order valence-electron chi connectivity index (χ2n) is 7.37. The Morgan fingerprint density at radius 1 is 1.27 bits per heavy atom. The normalized spacial score (nSPS) is 26.9. The zero-order valence-corrected chi connectivity index (χ0v) is 15.5. The Balaban J connectivity index is 1.34. The molecule has 0 bridgehead atoms. The first-order valence-corrected chi connectivity index (χ1v) is 9.95. The summed E-state index contributed by atoms with van der Waals surface area (Å²) in [5, 5.41) is 3.56. The molecule has 1 aromatic heterocycles. The van der Waals surface area contributed by atoms with E-state index < -0.39 is 0 Å². The van der Waals surface area contributed by atoms with Gasteiger partial charge in [-0.15, -0.1) is 0 Å². The lowest BCUT2D eigenvalue weighted by atomic mass is 10.2. The monoisotopic (exact) mass is 358 g/mol. The Bertz CT molecular complexity index is 599. The van der Waals surface area contributed by atoms with Gasteiger partial charge in [-0.25, -0.2) is 0 Å². The van der Waals surface area contributed by atoms with Gasteiger partial charge in [0, 0.05) is 51.8 Å². The smallest absolute Gasteiger partial charge is 0.194 e. The predicted molar refractivity (Wildman–Crippen MR) is 102 cm³/mol. The highest BCUT2D eigenvalue weighted by atomic mass is 16.5. The van der Waals surface area contributed by atoms with Gasteiger partial charge in [0.2, 0.25) is 0 Å². The van der Waals surface area contributed by atoms with Crippen molar-refractivity contribution in [2.45, 2.75) is 37.8 Å². The first-order valence-electron chi connectivity index (χ1n) is 9.95. The van der Waals surface area contributed by atoms with Crippen LogP contribution in [0.2, 0.25) is 0 Å². The molecular weight excluding hydrogens is 328 g/mol. The molecule has 0 aliphatic carbocycles. The minimum absolute atomic E-state index is 0.290. The molecule has 6 nitrogen and oxygen atoms in total. The second kappa shape index (κ2) is 8.73. The van der Waals surface area contributed by atoms with E-state index in [0.29, 0.717) is 6.04 Å². The van der Waals surface area contributed by atoms with E-state index in [1.54, 1.807) is 6.26 Å². The molecule has 0 aromatic carbocycles. The topological polar surface area (TPSA) is 53.2 Å². The number of ether oxygens (including phenoxy) is 1. The molecule has 0 saturated carbocycles. The molecule has 2 atom stereocenters. The van der Waals surface area contributed by atoms with Crippen molar-refractivity contribution >= 4 is 5.96 Å². The number of nitrogens with one attached hydrogen (secondary N) is 1. The highest BCUT2D eigenvalue weighted by molar-refractivity contribution is 5.80. The first-order chi connectivity index (χ1) is 12.9. The summed E-state index contributed by atoms with van der Waals surface area (Å²) < 4.78 is 11.2. The molecule has 3 aliphatic rings. The standard InChI is InChI=1S/C20H30N4O2/c1-2-11-23(10-1)17-8-12-24(16-17)20(22-15-19-6-4-14-26-19)21-9-7-18-5-3-13-25-18/h1-3,5,13,17,19H,4,6-12,14-16H2,(H,21,22). The van der Waals surface area contributed by atoms with Gasteiger partial charge in [-0.2, -0.15) is 0 Å². The molecule has 0 spiro atoms. The van der Waals surface area contributed by atoms with E-state index in [2.05, 4.69) is 27.3 Å². The largest absolute Gasteiger partial charge is 0.469 e. The highest BCUT2D eigenvalue weighted by Gasteiger charge is 2.29. The number of hydrogen-bond acceptors (Lipinski definition) is 4. The van der Waals surface area contributed by atoms with Crippen molar-refractivity contribution in [1.29, 1.82) is 0 Å². The third-order valence-corrected chi connectivity index (χ3v) is 5.53. The Morgan fingerprint density at radius 3 is 2.96 bits per heavy atom. The minimum atomic E-state index is 0.290. The van der Waals surface area contributed by atoms with E-state index >= 15 is 0 Å². The molecule has 26 heavy (non-hydrogen) atoms. The predicted octanol–water partition coefficient (Wildman–Crippen LogP) is 1.89. The molecule has 1 aromatic rings. The summed E-state index contributed by atoms with van der Waals surface area (Å²) >= 11 is 0. The van der Waals surface area contributed by atoms with Crippen LogP contribution in [0.4, 0.5) is 0 Å². The maximum absolute atomic E-state index is 5.75. The molecule has 2 unspecified atom stereocenters. The summed E-state index contributed by atoms with van der Waals surface area (Å²) in [5.41, 5.74) is 0. The van der Waals surface area contributed by atoms with Gasteiger partial charge < -0.3 is 19.4 Å². The Labute approximate surface area is 155 Å². The van der Waals surface area contributed by atoms with Gasteiger partial charge in [-0.3, -0.25) is 9.89 Å². The van der Waals surface area contributed by atoms with Crippen LogP contribution in [0.5, 0.6) is 0 Å². The van der Waals surface area contributed by atoms with Crippen LogP contribution < -0.4 is 5.32 Å². The van der Waals surface area contributed by atoms with Crippen molar-refractivity contribution in [3.63, 3.8) is 0 Å². The summed E-state index contributed by atoms with van der Waals surface area (Å²) in [4.78, 5) is 9.88. The zero-order chi connectivity index (χ0) is 17.6. The van der Waals surface area contributed by atoms with Gasteiger partial charge >= 0.3 is 0 Å². The average Bonchev–Trinajstić information content (AvgIpc) is 3.45. The van der Waals surface area contributed by atoms with Crippen LogP contribution in [-0.2, 0) is 11.2 Å². The first kappa shape index (κ1) is 17.6. The van der Waals surface area contributed by atoms with Crippen LogP contribution in [0.3, 0.4) is 0 Å². The summed E-state index contributed by atoms with van der Waals surface area (Å²) in [6.45, 7) is 6.79. The molecular formula is C20H30N4O2. The Morgan fingerprint density at radius 2 is 2.19 bits per heavy atom. The lowest BCUT2D eigenvalue weighted by molar-refractivity contribution is 0.117. The van der Waals surface area contributed by atoms with Crippen LogP contribution in [0.25, 0.3) is 0 Å². The highest BCUT2D eigenvalue weighted by Crippen LogP contribution is 2.18. The average molecular weight is 358 g/mol. The van der Waals surface area contributed by atoms with Crippen molar-refractivity contribution in [3.05, 3.63) is 36.3 Å². The van der Waals surface area contributed by atoms with Gasteiger partial charge in [0.1, 0.15) is 5.76 Å². The molecule has 1 N–H and O–H groups in total. The zero-order valence-electron chi connectivity index (χ0n) is 15.5. The van der Waals surface area contributed by atoms with Crippen molar-refractivity contribution in [2.24, 2.45) is 4.99 Å². The SMILES string of the molecule is C1=CCN(C2CCN(C(=NCC3CCCO3)NCCc3ccco3)C2)C1. The summed E-state index contributed by atoms with van der Waals surface area (Å²) in [6, 6.07) is 4.60. The number of guanidine groups is 1. The van der Waals surface area contributed by atoms with Crippen molar-refractivity contribution in [1.82, 2.24) is 15.1 Å². The molecule has 4 rings (SSSR count). The summed E-state index contributed by atoms with van der Waals surface area (Å²) in [6.07, 6.45) is 10.9. The third-order valence-electron chi connectivity index (χ3n) is 5.53. The molecule has 3 aliphatic heterocycles. The van der Waals surface area contributed by atoms with Crippen LogP contribution in [0.1, 0.15) is 25.0 Å². The lowest BCUT2D eigenvalue weighted by Gasteiger charge is -2.26. The maximum Gasteiger partial charge on any atom is 0.194 e. The number of likely N-dealkylation sites (tertiary alicyclic amines) is 1. The molecule has 2 saturated heterocycles. The number of hydrogen-bond donors (Lipinski definition) is 1. The fourth-order valence-electron chi connectivity index (χ4n) is 4.02. The van der Waals surface area contributed by atoms with Gasteiger partial charge in [0.25, 0.3) is 0 Å². The van der Waals surface area contributed by atoms with Gasteiger partial charge in [0.15, 0.2) is 5.96 Å². The molecule has 2 fully saturated rings. The number of rotatable bonds is 6. The Kier molecular flexibility index (Phi) is 5.92. The van der Waals surface area contributed by atoms with E-state index in [1.165, 1.54) is 6.42 Å². The van der Waals surface area contributed by atoms with Gasteiger partial charge in [0.05, 0.1) is 18.9 Å². The summed E-state index contributed by atoms with van der Waals surface area (Å²) in [5.74, 6) is 2.04. The molecule has 142 valence electrons. The molecule has 6 heteroatoms. The number of aliphatic imine (C=N–C) groups is 1. The van der Waals surface area contributed by atoms with E-state index in [9.17, 15) is 0 Å². The van der Waals surface area contributed by atoms with E-state index in [4.69, 9.17) is 14.1 Å². The fourth-order valence-corrected chi connectivity index (χ4v) is 4.02. The van der Waals surface area contributed by atoms with Crippen LogP contribution >= 0.6 is 0 Å². The van der Waals surface area contributed by atoms with Crippen molar-refractivity contribution in [2.75, 3.05) is 45.9 Å². The van der Waals surface area contributed by atoms with E-state index in [-0.39, 0.29) is 6.10 Å². The van der Waals surface area contributed by atoms with Crippen LogP contribution in [-0.4, -0.2) is 73.8 Å². The van der Waals surface area contributed by atoms with Crippen molar-refractivity contribution < 1.29 is 9.15 Å². The van der Waals surface area contributed by atoms with Crippen molar-refractivity contribution in [3.8, 4) is 0 Å². The van der Waals surface area contributed by atoms with Gasteiger partial charge in [-0.05, 0) is 31.4 Å². The summed E-state index contributed by atoms with van der Waals surface area (Å²) in [7, 11) is 0. The number of nitrogens with zero attached hydrogens (tertiary/aromatic N) is 3. The van der Waals surface area contributed by atoms with E-state index in [1.807, 2.05) is 12.1 Å². The third kappa shape index (κ3) is 4.48. The van der Waals surface area contributed by atoms with E-state index in [0.717, 1.165) is 76.9 Å². The number of furan rings is 1. The Hall–Kier alpha value is -1.79. The quantitative estimate of drug-likeness (QED) is 0.478. The van der Waals surface area contributed by atoms with Gasteiger partial charge in [-0.1, -0.05) is 12.2 Å². The van der Waals surface area contributed by atoms with Crippen LogP contribution in [0, 0.1) is 0 Å². The lowest BCUT2D eigenvalue weighted by Crippen LogP contribution is -2.43. The molecule has 0 radical (unpaired) electrons. The second-order valence-corrected chi connectivity index (χ2v) is 7.37. The molecule has 4 heterocycles. The minimum Gasteiger partial charge on any atom is -0.469 e.